The van der Waals surface area contributed by atoms with Crippen LogP contribution < -0.4 is 14.8 Å². The van der Waals surface area contributed by atoms with Crippen molar-refractivity contribution in [2.45, 2.75) is 49.3 Å². The summed E-state index contributed by atoms with van der Waals surface area (Å²) in [5.74, 6) is 1.33. The summed E-state index contributed by atoms with van der Waals surface area (Å²) < 4.78 is 11.4. The predicted octanol–water partition coefficient (Wildman–Crippen LogP) is 0.952. The topological polar surface area (TPSA) is 67.8 Å². The van der Waals surface area contributed by atoms with Crippen molar-refractivity contribution in [2.75, 3.05) is 14.2 Å². The Morgan fingerprint density at radius 1 is 1.45 bits per heavy atom. The highest BCUT2D eigenvalue weighted by molar-refractivity contribution is 5.89. The number of ketones is 1. The summed E-state index contributed by atoms with van der Waals surface area (Å²) in [6, 6.07) is 3.82. The van der Waals surface area contributed by atoms with E-state index in [4.69, 9.17) is 9.47 Å². The molecule has 1 saturated carbocycles. The van der Waals surface area contributed by atoms with Gasteiger partial charge in [-0.25, -0.2) is 0 Å². The van der Waals surface area contributed by atoms with E-state index in [1.54, 1.807) is 7.11 Å². The first-order valence-electron chi connectivity index (χ1n) is 7.76. The fourth-order valence-corrected chi connectivity index (χ4v) is 4.79. The highest BCUT2D eigenvalue weighted by atomic mass is 16.5. The van der Waals surface area contributed by atoms with E-state index >= 15 is 0 Å². The molecule has 118 valence electrons. The molecule has 0 aromatic heterocycles. The van der Waals surface area contributed by atoms with Crippen LogP contribution in [0, 0.1) is 0 Å². The lowest BCUT2D eigenvalue weighted by Crippen LogP contribution is -2.71. The molecule has 1 fully saturated rings. The molecule has 0 amide bonds. The minimum absolute atomic E-state index is 0.0631. The number of nitrogens with one attached hydrogen (secondary N) is 1. The maximum Gasteiger partial charge on any atom is 0.174 e. The zero-order valence-corrected chi connectivity index (χ0v) is 13.1. The first kappa shape index (κ1) is 14.0. The summed E-state index contributed by atoms with van der Waals surface area (Å²) in [4.78, 5) is 12.5. The lowest BCUT2D eigenvalue weighted by atomic mass is 9.53. The first-order valence-corrected chi connectivity index (χ1v) is 7.76. The number of carbonyl (C=O) groups excluding carboxylic acids is 1. The van der Waals surface area contributed by atoms with Crippen LogP contribution in [0.1, 0.15) is 30.9 Å². The van der Waals surface area contributed by atoms with E-state index < -0.39 is 17.1 Å². The monoisotopic (exact) mass is 303 g/mol. The average Bonchev–Trinajstić information content (AvgIpc) is 2.85. The molecule has 2 unspecified atom stereocenters. The quantitative estimate of drug-likeness (QED) is 0.851. The van der Waals surface area contributed by atoms with Gasteiger partial charge in [0, 0.05) is 18.0 Å². The van der Waals surface area contributed by atoms with Crippen LogP contribution in [-0.2, 0) is 16.6 Å². The summed E-state index contributed by atoms with van der Waals surface area (Å²) >= 11 is 0. The fourth-order valence-electron chi connectivity index (χ4n) is 4.79. The van der Waals surface area contributed by atoms with Gasteiger partial charge in [0.1, 0.15) is 0 Å². The molecule has 1 aromatic carbocycles. The van der Waals surface area contributed by atoms with Crippen molar-refractivity contribution < 1.29 is 19.4 Å². The van der Waals surface area contributed by atoms with E-state index in [0.717, 1.165) is 17.5 Å². The average molecular weight is 303 g/mol. The van der Waals surface area contributed by atoms with E-state index in [-0.39, 0.29) is 11.8 Å². The summed E-state index contributed by atoms with van der Waals surface area (Å²) in [5.41, 5.74) is 0.358. The van der Waals surface area contributed by atoms with Crippen LogP contribution in [0.2, 0.25) is 0 Å². The lowest BCUT2D eigenvalue weighted by molar-refractivity contribution is -0.154. The Morgan fingerprint density at radius 3 is 2.91 bits per heavy atom. The van der Waals surface area contributed by atoms with Gasteiger partial charge in [-0.15, -0.1) is 0 Å². The van der Waals surface area contributed by atoms with Gasteiger partial charge in [0.2, 0.25) is 0 Å². The number of benzene rings is 1. The van der Waals surface area contributed by atoms with Gasteiger partial charge in [0.25, 0.3) is 0 Å². The molecular formula is C17H21NO4. The van der Waals surface area contributed by atoms with Crippen LogP contribution in [0.15, 0.2) is 12.1 Å². The van der Waals surface area contributed by atoms with Crippen LogP contribution in [0.5, 0.6) is 11.5 Å². The molecular weight excluding hydrogens is 282 g/mol. The van der Waals surface area contributed by atoms with Gasteiger partial charge in [0.15, 0.2) is 23.4 Å². The Balaban J connectivity index is 2.03. The van der Waals surface area contributed by atoms with Gasteiger partial charge in [-0.3, -0.25) is 4.79 Å². The number of rotatable bonds is 2. The summed E-state index contributed by atoms with van der Waals surface area (Å²) in [7, 11) is 3.46. The highest BCUT2D eigenvalue weighted by Crippen LogP contribution is 2.60. The number of ether oxygens (including phenoxy) is 2. The summed E-state index contributed by atoms with van der Waals surface area (Å²) in [6.45, 7) is 1.97. The Bertz CT molecular complexity index is 673. The summed E-state index contributed by atoms with van der Waals surface area (Å²) in [6.07, 6.45) is 0.899. The van der Waals surface area contributed by atoms with E-state index in [1.165, 1.54) is 0 Å². The molecule has 0 radical (unpaired) electrons. The van der Waals surface area contributed by atoms with Crippen LogP contribution >= 0.6 is 0 Å². The molecule has 1 aromatic rings. The molecule has 2 aliphatic carbocycles. The molecule has 0 bridgehead atoms. The van der Waals surface area contributed by atoms with Crippen molar-refractivity contribution in [3.8, 4) is 11.5 Å². The predicted molar refractivity (Wildman–Crippen MR) is 80.5 cm³/mol. The Hall–Kier alpha value is -1.59. The van der Waals surface area contributed by atoms with Gasteiger partial charge in [-0.05, 0) is 38.4 Å². The van der Waals surface area contributed by atoms with Crippen molar-refractivity contribution in [3.63, 3.8) is 0 Å². The van der Waals surface area contributed by atoms with Gasteiger partial charge >= 0.3 is 0 Å². The zero-order valence-electron chi connectivity index (χ0n) is 13.1. The van der Waals surface area contributed by atoms with Gasteiger partial charge in [-0.1, -0.05) is 6.07 Å². The lowest BCUT2D eigenvalue weighted by Gasteiger charge is -2.54. The second-order valence-corrected chi connectivity index (χ2v) is 6.77. The molecule has 2 N–H and O–H groups in total. The fraction of sp³-hybridized carbons (Fsp3) is 0.588. The molecule has 5 nitrogen and oxygen atoms in total. The normalized spacial score (nSPS) is 38.5. The molecule has 0 spiro atoms. The van der Waals surface area contributed by atoms with Gasteiger partial charge in [-0.2, -0.15) is 0 Å². The zero-order chi connectivity index (χ0) is 15.7. The molecule has 0 saturated heterocycles. The van der Waals surface area contributed by atoms with Crippen molar-refractivity contribution in [1.29, 1.82) is 0 Å². The largest absolute Gasteiger partial charge is 0.493 e. The second-order valence-electron chi connectivity index (χ2n) is 6.77. The van der Waals surface area contributed by atoms with Crippen molar-refractivity contribution in [3.05, 3.63) is 23.3 Å². The number of methoxy groups -OCH3 is 1. The number of aliphatic hydroxyl groups is 1. The number of likely N-dealkylation sites (N-methyl/N-ethyl adjacent to an activating group) is 1. The van der Waals surface area contributed by atoms with Crippen LogP contribution in [0.3, 0.4) is 0 Å². The molecule has 1 heterocycles. The number of hydrogen-bond donors (Lipinski definition) is 2. The SMILES string of the molecule is CNC1Cc2ccc(OC)c3c2C2(C)[C@@H](O3)C(=O)CC[C@@]12O. The highest BCUT2D eigenvalue weighted by Gasteiger charge is 2.68. The van der Waals surface area contributed by atoms with Crippen molar-refractivity contribution >= 4 is 5.78 Å². The first-order chi connectivity index (χ1) is 10.5. The van der Waals surface area contributed by atoms with Crippen molar-refractivity contribution in [1.82, 2.24) is 5.32 Å². The Kier molecular flexibility index (Phi) is 2.70. The second kappa shape index (κ2) is 4.24. The number of carbonyl (C=O) groups is 1. The standard InChI is InChI=1S/C17H21NO4/c1-16-13-9-4-5-11(21-3)14(13)22-15(16)10(19)6-7-17(16,20)12(8-9)18-2/h4-5,12,15,18,20H,6-8H2,1-3H3/t12?,15-,16?,17+/m0/s1. The van der Waals surface area contributed by atoms with Crippen molar-refractivity contribution in [2.24, 2.45) is 0 Å². The van der Waals surface area contributed by atoms with Crippen LogP contribution in [0.25, 0.3) is 0 Å². The van der Waals surface area contributed by atoms with E-state index in [1.807, 2.05) is 26.1 Å². The Morgan fingerprint density at radius 2 is 2.23 bits per heavy atom. The number of Topliss-reactive ketones (excluding diaryl/α,β-unsaturated/α-hetero) is 1. The maximum absolute atomic E-state index is 12.5. The third-order valence-corrected chi connectivity index (χ3v) is 6.00. The third-order valence-electron chi connectivity index (χ3n) is 6.00. The molecule has 22 heavy (non-hydrogen) atoms. The minimum Gasteiger partial charge on any atom is -0.493 e. The maximum atomic E-state index is 12.5. The molecule has 4 rings (SSSR count). The summed E-state index contributed by atoms with van der Waals surface area (Å²) in [5, 5.41) is 14.8. The number of hydrogen-bond acceptors (Lipinski definition) is 5. The van der Waals surface area contributed by atoms with Gasteiger partial charge in [0.05, 0.1) is 18.1 Å². The van der Waals surface area contributed by atoms with Crippen LogP contribution in [0.4, 0.5) is 0 Å². The van der Waals surface area contributed by atoms with Crippen LogP contribution in [-0.4, -0.2) is 42.8 Å². The minimum atomic E-state index is -0.995. The molecule has 4 atom stereocenters. The molecule has 3 aliphatic rings. The van der Waals surface area contributed by atoms with E-state index in [2.05, 4.69) is 5.32 Å². The van der Waals surface area contributed by atoms with E-state index in [9.17, 15) is 9.90 Å². The Labute approximate surface area is 129 Å². The molecule has 1 aliphatic heterocycles. The molecule has 5 heteroatoms. The smallest absolute Gasteiger partial charge is 0.174 e. The third kappa shape index (κ3) is 1.35. The van der Waals surface area contributed by atoms with E-state index in [0.29, 0.717) is 24.3 Å². The van der Waals surface area contributed by atoms with Gasteiger partial charge < -0.3 is 19.9 Å².